The van der Waals surface area contributed by atoms with Gasteiger partial charge < -0.3 is 9.88 Å². The predicted molar refractivity (Wildman–Crippen MR) is 73.2 cm³/mol. The highest BCUT2D eigenvalue weighted by Crippen LogP contribution is 2.29. The predicted octanol–water partition coefficient (Wildman–Crippen LogP) is 3.52. The van der Waals surface area contributed by atoms with Gasteiger partial charge in [-0.3, -0.25) is 0 Å². The van der Waals surface area contributed by atoms with E-state index < -0.39 is 0 Å². The third kappa shape index (κ3) is 3.12. The number of aromatic nitrogens is 1. The molecule has 2 rings (SSSR count). The summed E-state index contributed by atoms with van der Waals surface area (Å²) < 4.78 is 2.40. The maximum absolute atomic E-state index is 3.46. The van der Waals surface area contributed by atoms with E-state index in [9.17, 15) is 0 Å². The first-order valence-electron chi connectivity index (χ1n) is 7.06. The Labute approximate surface area is 105 Å². The minimum atomic E-state index is 0.577. The van der Waals surface area contributed by atoms with E-state index in [1.807, 2.05) is 0 Å². The zero-order valence-electron chi connectivity index (χ0n) is 11.5. The Morgan fingerprint density at radius 1 is 1.35 bits per heavy atom. The molecule has 0 saturated carbocycles. The van der Waals surface area contributed by atoms with Crippen LogP contribution in [0.5, 0.6) is 0 Å². The molecule has 2 heteroatoms. The first kappa shape index (κ1) is 12.7. The Bertz CT molecular complexity index is 352. The van der Waals surface area contributed by atoms with E-state index in [1.54, 1.807) is 11.1 Å². The molecule has 1 aliphatic rings. The van der Waals surface area contributed by atoms with Crippen molar-refractivity contribution < 1.29 is 0 Å². The normalized spacial score (nSPS) is 20.4. The number of nitrogens with one attached hydrogen (secondary N) is 1. The Hall–Kier alpha value is -0.760. The highest BCUT2D eigenvalue weighted by Gasteiger charge is 2.18. The summed E-state index contributed by atoms with van der Waals surface area (Å²) in [7, 11) is 2.09. The van der Waals surface area contributed by atoms with Gasteiger partial charge in [0.25, 0.3) is 0 Å². The number of rotatable bonds is 4. The van der Waals surface area contributed by atoms with E-state index >= 15 is 0 Å². The van der Waals surface area contributed by atoms with Gasteiger partial charge in [-0.2, -0.15) is 0 Å². The summed E-state index contributed by atoms with van der Waals surface area (Å²) in [6.07, 6.45) is 11.3. The van der Waals surface area contributed by atoms with Crippen LogP contribution in [-0.2, 0) is 13.0 Å². The highest BCUT2D eigenvalue weighted by atomic mass is 15.0. The van der Waals surface area contributed by atoms with Gasteiger partial charge in [-0.05, 0) is 49.8 Å². The lowest BCUT2D eigenvalue weighted by molar-refractivity contribution is 0.507. The molecule has 1 aliphatic carbocycles. The summed E-state index contributed by atoms with van der Waals surface area (Å²) in [5, 5.41) is 3.46. The van der Waals surface area contributed by atoms with Crippen molar-refractivity contribution in [2.45, 2.75) is 58.5 Å². The standard InChI is InChI=1S/C15H26N2/c1-12(2)8-9-17-10-13-6-4-5-7-15(16-3)14(13)11-17/h10-12,15-16H,4-9H2,1-3H3. The third-order valence-corrected chi connectivity index (χ3v) is 3.87. The van der Waals surface area contributed by atoms with Gasteiger partial charge in [-0.25, -0.2) is 0 Å². The topological polar surface area (TPSA) is 17.0 Å². The van der Waals surface area contributed by atoms with Crippen LogP contribution in [0.2, 0.25) is 0 Å². The summed E-state index contributed by atoms with van der Waals surface area (Å²) in [4.78, 5) is 0. The van der Waals surface area contributed by atoms with Gasteiger partial charge >= 0.3 is 0 Å². The zero-order chi connectivity index (χ0) is 12.3. The van der Waals surface area contributed by atoms with Crippen LogP contribution in [0, 0.1) is 5.92 Å². The first-order chi connectivity index (χ1) is 8.20. The van der Waals surface area contributed by atoms with Crippen molar-refractivity contribution in [1.82, 2.24) is 9.88 Å². The van der Waals surface area contributed by atoms with Crippen molar-refractivity contribution in [1.29, 1.82) is 0 Å². The van der Waals surface area contributed by atoms with Crippen molar-refractivity contribution in [3.63, 3.8) is 0 Å². The van der Waals surface area contributed by atoms with Crippen LogP contribution in [0.15, 0.2) is 12.4 Å². The molecular formula is C15H26N2. The maximum atomic E-state index is 3.46. The fraction of sp³-hybridized carbons (Fsp3) is 0.733. The van der Waals surface area contributed by atoms with Crippen LogP contribution in [0.25, 0.3) is 0 Å². The minimum Gasteiger partial charge on any atom is -0.354 e. The Morgan fingerprint density at radius 2 is 2.18 bits per heavy atom. The lowest BCUT2D eigenvalue weighted by Crippen LogP contribution is -2.15. The molecule has 1 unspecified atom stereocenters. The fourth-order valence-corrected chi connectivity index (χ4v) is 2.75. The number of fused-ring (bicyclic) bond motifs is 1. The second-order valence-electron chi connectivity index (χ2n) is 5.75. The van der Waals surface area contributed by atoms with Gasteiger partial charge in [0.1, 0.15) is 0 Å². The average Bonchev–Trinajstić information content (AvgIpc) is 2.61. The van der Waals surface area contributed by atoms with E-state index in [4.69, 9.17) is 0 Å². The molecule has 0 saturated heterocycles. The van der Waals surface area contributed by atoms with E-state index in [0.29, 0.717) is 6.04 Å². The van der Waals surface area contributed by atoms with Crippen LogP contribution < -0.4 is 5.32 Å². The molecule has 0 spiro atoms. The van der Waals surface area contributed by atoms with Crippen LogP contribution in [0.1, 0.15) is 56.7 Å². The monoisotopic (exact) mass is 234 g/mol. The summed E-state index contributed by atoms with van der Waals surface area (Å²) >= 11 is 0. The van der Waals surface area contributed by atoms with Gasteiger partial charge in [0, 0.05) is 25.0 Å². The summed E-state index contributed by atoms with van der Waals surface area (Å²) in [6, 6.07) is 0.577. The van der Waals surface area contributed by atoms with Crippen molar-refractivity contribution in [2.24, 2.45) is 5.92 Å². The second kappa shape index (κ2) is 5.72. The lowest BCUT2D eigenvalue weighted by Gasteiger charge is -2.13. The molecule has 0 radical (unpaired) electrons. The van der Waals surface area contributed by atoms with Crippen LogP contribution in [-0.4, -0.2) is 11.6 Å². The van der Waals surface area contributed by atoms with Crippen LogP contribution >= 0.6 is 0 Å². The molecule has 0 fully saturated rings. The average molecular weight is 234 g/mol. The Morgan fingerprint density at radius 3 is 2.88 bits per heavy atom. The molecule has 0 aliphatic heterocycles. The van der Waals surface area contributed by atoms with Gasteiger partial charge in [-0.15, -0.1) is 0 Å². The van der Waals surface area contributed by atoms with E-state index in [-0.39, 0.29) is 0 Å². The van der Waals surface area contributed by atoms with Gasteiger partial charge in [0.15, 0.2) is 0 Å². The highest BCUT2D eigenvalue weighted by molar-refractivity contribution is 5.29. The van der Waals surface area contributed by atoms with Crippen LogP contribution in [0.4, 0.5) is 0 Å². The molecule has 1 N–H and O–H groups in total. The molecule has 0 aromatic carbocycles. The molecule has 0 amide bonds. The second-order valence-corrected chi connectivity index (χ2v) is 5.75. The van der Waals surface area contributed by atoms with Crippen molar-refractivity contribution in [3.05, 3.63) is 23.5 Å². The number of aryl methyl sites for hydroxylation is 2. The van der Waals surface area contributed by atoms with E-state index in [2.05, 4.69) is 43.2 Å². The fourth-order valence-electron chi connectivity index (χ4n) is 2.75. The van der Waals surface area contributed by atoms with Gasteiger partial charge in [0.2, 0.25) is 0 Å². The summed E-state index contributed by atoms with van der Waals surface area (Å²) in [5.74, 6) is 0.789. The molecule has 1 atom stereocenters. The Balaban J connectivity index is 2.12. The van der Waals surface area contributed by atoms with Crippen molar-refractivity contribution >= 4 is 0 Å². The molecule has 1 aromatic rings. The summed E-state index contributed by atoms with van der Waals surface area (Å²) in [6.45, 7) is 5.76. The molecule has 17 heavy (non-hydrogen) atoms. The molecule has 1 aromatic heterocycles. The number of nitrogens with zero attached hydrogens (tertiary/aromatic N) is 1. The smallest absolute Gasteiger partial charge is 0.0335 e. The quantitative estimate of drug-likeness (QED) is 0.789. The number of hydrogen-bond donors (Lipinski definition) is 1. The van der Waals surface area contributed by atoms with Gasteiger partial charge in [-0.1, -0.05) is 20.3 Å². The molecule has 96 valence electrons. The van der Waals surface area contributed by atoms with Crippen LogP contribution in [0.3, 0.4) is 0 Å². The summed E-state index contributed by atoms with van der Waals surface area (Å²) in [5.41, 5.74) is 3.12. The molecule has 1 heterocycles. The molecule has 0 bridgehead atoms. The third-order valence-electron chi connectivity index (χ3n) is 3.87. The zero-order valence-corrected chi connectivity index (χ0v) is 11.5. The van der Waals surface area contributed by atoms with E-state index in [1.165, 1.54) is 38.6 Å². The van der Waals surface area contributed by atoms with E-state index in [0.717, 1.165) is 5.92 Å². The van der Waals surface area contributed by atoms with Crippen molar-refractivity contribution in [3.8, 4) is 0 Å². The maximum Gasteiger partial charge on any atom is 0.0335 e. The van der Waals surface area contributed by atoms with Crippen molar-refractivity contribution in [2.75, 3.05) is 7.05 Å². The van der Waals surface area contributed by atoms with Gasteiger partial charge in [0.05, 0.1) is 0 Å². The largest absolute Gasteiger partial charge is 0.354 e. The first-order valence-corrected chi connectivity index (χ1v) is 7.06. The SMILES string of the molecule is CNC1CCCCc2cn(CCC(C)C)cc21. The Kier molecular flexibility index (Phi) is 4.27. The molecule has 2 nitrogen and oxygen atoms in total. The minimum absolute atomic E-state index is 0.577. The molecular weight excluding hydrogens is 208 g/mol. The lowest BCUT2D eigenvalue weighted by atomic mass is 10.1. The number of hydrogen-bond acceptors (Lipinski definition) is 1.